The smallest absolute Gasteiger partial charge is 0.235 e. The van der Waals surface area contributed by atoms with Crippen LogP contribution in [0.4, 0.5) is 21.6 Å². The molecule has 15 nitrogen and oxygen atoms in total. The van der Waals surface area contributed by atoms with Gasteiger partial charge < -0.3 is 35.7 Å². The number of carbonyl (C=O) groups is 4. The third kappa shape index (κ3) is 15.8. The van der Waals surface area contributed by atoms with Crippen molar-refractivity contribution in [2.45, 2.75) is 59.1 Å². The van der Waals surface area contributed by atoms with E-state index in [1.807, 2.05) is 58.0 Å². The number of pyridine rings is 1. The van der Waals surface area contributed by atoms with Gasteiger partial charge in [0.15, 0.2) is 15.4 Å². The Morgan fingerprint density at radius 2 is 1.10 bits per heavy atom. The molecule has 0 radical (unpaired) electrons. The summed E-state index contributed by atoms with van der Waals surface area (Å²) in [4.78, 5) is 68.7. The number of aromatic nitrogens is 5. The Labute approximate surface area is 358 Å². The fourth-order valence-corrected chi connectivity index (χ4v) is 8.09. The molecule has 0 bridgehead atoms. The molecule has 0 unspecified atom stereocenters. The molecule has 6 aromatic rings. The van der Waals surface area contributed by atoms with Gasteiger partial charge in [-0.1, -0.05) is 92.5 Å². The van der Waals surface area contributed by atoms with Crippen LogP contribution in [0.15, 0.2) is 116 Å². The SMILES string of the molecule is CC(C)COc1ccccc1NC(=O)CC(=O)Nc1ncc(Sc2ccccn2)s1.CC(C)COc1ccccc1NC(=O)CC(=O)Nc1ncc(Sc2ncc[nH]2)s1. The standard InChI is InChI=1S/C21H22N4O3S2.C19H21N5O3S2/c1-14(2)13-28-16-8-4-3-7-15(16)24-17(26)11-18(27)25-21-23-12-20(30-21)29-19-9-5-6-10-22-19;1-12(2)11-27-14-6-4-3-5-13(14)23-15(25)9-16(26)24-19-22-10-17(29-19)28-18-20-7-8-21-18/h3-10,12,14H,11,13H2,1-2H3,(H,24,26)(H,23,25,27);3-8,10,12H,9,11H2,1-2H3,(H,20,21)(H,23,25)(H,22,24,26). The van der Waals surface area contributed by atoms with Crippen LogP contribution in [-0.2, 0) is 19.2 Å². The minimum Gasteiger partial charge on any atom is -0.491 e. The Morgan fingerprint density at radius 3 is 1.58 bits per heavy atom. The molecule has 0 fully saturated rings. The molecule has 0 aliphatic heterocycles. The number of amides is 4. The van der Waals surface area contributed by atoms with Crippen molar-refractivity contribution in [2.75, 3.05) is 34.5 Å². The summed E-state index contributed by atoms with van der Waals surface area (Å²) in [5, 5.41) is 13.2. The van der Waals surface area contributed by atoms with Crippen molar-refractivity contribution in [3.8, 4) is 11.5 Å². The predicted octanol–water partition coefficient (Wildman–Crippen LogP) is 8.71. The second-order valence-electron chi connectivity index (χ2n) is 13.2. The van der Waals surface area contributed by atoms with E-state index in [9.17, 15) is 19.2 Å². The number of thiazole rings is 2. The zero-order chi connectivity index (χ0) is 42.0. The van der Waals surface area contributed by atoms with Crippen LogP contribution in [0.1, 0.15) is 40.5 Å². The molecule has 59 heavy (non-hydrogen) atoms. The second kappa shape index (κ2) is 23.0. The molecule has 2 aromatic carbocycles. The van der Waals surface area contributed by atoms with E-state index in [0.29, 0.717) is 58.2 Å². The lowest BCUT2D eigenvalue weighted by Gasteiger charge is -2.13. The normalized spacial score (nSPS) is 10.7. The molecular formula is C40H43N9O6S4. The number of imidazole rings is 1. The summed E-state index contributed by atoms with van der Waals surface area (Å²) in [6.07, 6.45) is 7.79. The minimum atomic E-state index is -0.438. The maximum atomic E-state index is 12.3. The van der Waals surface area contributed by atoms with Crippen LogP contribution in [0, 0.1) is 11.8 Å². The summed E-state index contributed by atoms with van der Waals surface area (Å²) in [6, 6.07) is 20.0. The highest BCUT2D eigenvalue weighted by molar-refractivity contribution is 8.01. The number of anilines is 4. The number of ether oxygens (including phenoxy) is 2. The molecule has 4 heterocycles. The molecule has 0 saturated carbocycles. The van der Waals surface area contributed by atoms with Gasteiger partial charge in [0.25, 0.3) is 0 Å². The number of hydrogen-bond acceptors (Lipinski definition) is 14. The van der Waals surface area contributed by atoms with Crippen molar-refractivity contribution >= 4 is 91.5 Å². The van der Waals surface area contributed by atoms with Crippen molar-refractivity contribution in [1.29, 1.82) is 0 Å². The number of rotatable bonds is 18. The summed E-state index contributed by atoms with van der Waals surface area (Å²) in [7, 11) is 0. The number of benzene rings is 2. The number of carbonyl (C=O) groups excluding carboxylic acids is 4. The lowest BCUT2D eigenvalue weighted by Crippen LogP contribution is -2.21. The van der Waals surface area contributed by atoms with Crippen LogP contribution in [0.2, 0.25) is 0 Å². The molecule has 308 valence electrons. The van der Waals surface area contributed by atoms with Gasteiger partial charge in [0.1, 0.15) is 29.4 Å². The zero-order valence-corrected chi connectivity index (χ0v) is 35.9. The number of aromatic amines is 1. The van der Waals surface area contributed by atoms with Crippen LogP contribution in [0.5, 0.6) is 11.5 Å². The first-order valence-corrected chi connectivity index (χ1v) is 21.6. The number of nitrogens with one attached hydrogen (secondary N) is 5. The van der Waals surface area contributed by atoms with Gasteiger partial charge in [-0.15, -0.1) is 0 Å². The van der Waals surface area contributed by atoms with Gasteiger partial charge in [0, 0.05) is 18.6 Å². The second-order valence-corrected chi connectivity index (χ2v) is 17.9. The van der Waals surface area contributed by atoms with Crippen molar-refractivity contribution in [1.82, 2.24) is 24.9 Å². The summed E-state index contributed by atoms with van der Waals surface area (Å²) in [5.74, 6) is 0.157. The summed E-state index contributed by atoms with van der Waals surface area (Å²) >= 11 is 5.51. The summed E-state index contributed by atoms with van der Waals surface area (Å²) < 4.78 is 13.2. The number of hydrogen-bond donors (Lipinski definition) is 5. The number of nitrogens with zero attached hydrogens (tertiary/aromatic N) is 4. The molecule has 4 aromatic heterocycles. The highest BCUT2D eigenvalue weighted by Crippen LogP contribution is 2.34. The molecular weight excluding hydrogens is 831 g/mol. The largest absolute Gasteiger partial charge is 0.491 e. The van der Waals surface area contributed by atoms with E-state index in [2.05, 4.69) is 46.2 Å². The van der Waals surface area contributed by atoms with Crippen LogP contribution >= 0.6 is 46.2 Å². The highest BCUT2D eigenvalue weighted by atomic mass is 32.2. The fraction of sp³-hybridized carbons (Fsp3) is 0.250. The average molecular weight is 874 g/mol. The maximum absolute atomic E-state index is 12.3. The molecule has 6 rings (SSSR count). The monoisotopic (exact) mass is 873 g/mol. The van der Waals surface area contributed by atoms with E-state index in [4.69, 9.17) is 9.47 Å². The molecule has 0 spiro atoms. The van der Waals surface area contributed by atoms with E-state index >= 15 is 0 Å². The fourth-order valence-electron chi connectivity index (χ4n) is 4.55. The van der Waals surface area contributed by atoms with Crippen LogP contribution in [0.25, 0.3) is 0 Å². The van der Waals surface area contributed by atoms with Crippen molar-refractivity contribution in [3.63, 3.8) is 0 Å². The van der Waals surface area contributed by atoms with Gasteiger partial charge in [0.2, 0.25) is 23.6 Å². The molecule has 0 aliphatic rings. The summed E-state index contributed by atoms with van der Waals surface area (Å²) in [6.45, 7) is 9.26. The predicted molar refractivity (Wildman–Crippen MR) is 233 cm³/mol. The lowest BCUT2D eigenvalue weighted by molar-refractivity contribution is -0.125. The van der Waals surface area contributed by atoms with E-state index in [0.717, 1.165) is 18.6 Å². The van der Waals surface area contributed by atoms with Crippen molar-refractivity contribution < 1.29 is 28.7 Å². The van der Waals surface area contributed by atoms with Gasteiger partial charge in [-0.3, -0.25) is 19.2 Å². The first-order chi connectivity index (χ1) is 28.5. The topological polar surface area (TPSA) is 202 Å². The Hall–Kier alpha value is -5.76. The number of H-pyrrole nitrogens is 1. The van der Waals surface area contributed by atoms with Gasteiger partial charge >= 0.3 is 0 Å². The molecule has 0 saturated heterocycles. The van der Waals surface area contributed by atoms with E-state index in [1.54, 1.807) is 67.4 Å². The Balaban J connectivity index is 0.000000224. The van der Waals surface area contributed by atoms with Gasteiger partial charge in [-0.25, -0.2) is 19.9 Å². The third-order valence-corrected chi connectivity index (χ3v) is 11.0. The molecule has 5 N–H and O–H groups in total. The minimum absolute atomic E-state index is 0.319. The Kier molecular flexibility index (Phi) is 17.3. The maximum Gasteiger partial charge on any atom is 0.235 e. The number of para-hydroxylation sites is 4. The van der Waals surface area contributed by atoms with Crippen LogP contribution in [0.3, 0.4) is 0 Å². The van der Waals surface area contributed by atoms with Crippen LogP contribution < -0.4 is 30.7 Å². The Morgan fingerprint density at radius 1 is 0.610 bits per heavy atom. The molecule has 19 heteroatoms. The van der Waals surface area contributed by atoms with Crippen molar-refractivity contribution in [2.24, 2.45) is 11.8 Å². The lowest BCUT2D eigenvalue weighted by atomic mass is 10.2. The van der Waals surface area contributed by atoms with E-state index in [-0.39, 0.29) is 12.8 Å². The van der Waals surface area contributed by atoms with Gasteiger partial charge in [0.05, 0.1) is 45.4 Å². The third-order valence-electron chi connectivity index (χ3n) is 7.08. The zero-order valence-electron chi connectivity index (χ0n) is 32.6. The van der Waals surface area contributed by atoms with Crippen molar-refractivity contribution in [3.05, 3.63) is 97.7 Å². The Bertz CT molecular complexity index is 2270. The van der Waals surface area contributed by atoms with Crippen LogP contribution in [-0.4, -0.2) is 61.8 Å². The van der Waals surface area contributed by atoms with Gasteiger partial charge in [-0.05, 0) is 60.0 Å². The molecule has 0 atom stereocenters. The van der Waals surface area contributed by atoms with E-state index < -0.39 is 23.6 Å². The average Bonchev–Trinajstić information content (AvgIpc) is 3.98. The highest BCUT2D eigenvalue weighted by Gasteiger charge is 2.16. The van der Waals surface area contributed by atoms with Gasteiger partial charge in [-0.2, -0.15) is 0 Å². The first-order valence-electron chi connectivity index (χ1n) is 18.3. The quantitative estimate of drug-likeness (QED) is 0.0515. The summed E-state index contributed by atoms with van der Waals surface area (Å²) in [5.41, 5.74) is 1.08. The molecule has 4 amide bonds. The van der Waals surface area contributed by atoms with E-state index in [1.165, 1.54) is 46.2 Å². The first kappa shape index (κ1) is 44.3. The molecule has 0 aliphatic carbocycles.